The van der Waals surface area contributed by atoms with E-state index < -0.39 is 10.0 Å². The minimum atomic E-state index is -1.20. The second-order valence-corrected chi connectivity index (χ2v) is 6.37. The van der Waals surface area contributed by atoms with Gasteiger partial charge in [-0.1, -0.05) is 48.5 Å². The Morgan fingerprint density at radius 1 is 0.944 bits per heavy atom. The molecule has 0 bridgehead atoms. The normalized spacial score (nSPS) is 18.8. The van der Waals surface area contributed by atoms with Crippen molar-refractivity contribution in [1.29, 1.82) is 0 Å². The van der Waals surface area contributed by atoms with Crippen LogP contribution in [0.1, 0.15) is 5.56 Å². The average molecular weight is 274 g/mol. The van der Waals surface area contributed by atoms with Crippen molar-refractivity contribution in [3.63, 3.8) is 0 Å². The Balaban J connectivity index is 1.95. The summed E-state index contributed by atoms with van der Waals surface area (Å²) in [5.41, 5.74) is 1.84. The molecule has 1 aliphatic heterocycles. The van der Waals surface area contributed by atoms with Gasteiger partial charge in [-0.3, -0.25) is 0 Å². The largest absolute Gasteiger partial charge is 0.222 e. The van der Waals surface area contributed by atoms with Crippen molar-refractivity contribution in [3.8, 4) is 0 Å². The summed E-state index contributed by atoms with van der Waals surface area (Å²) in [6.07, 6.45) is 0. The van der Waals surface area contributed by atoms with Crippen LogP contribution in [0.4, 0.5) is 5.69 Å². The summed E-state index contributed by atoms with van der Waals surface area (Å²) < 4.78 is 13.6. The maximum Gasteiger partial charge on any atom is 0.209 e. The summed E-state index contributed by atoms with van der Waals surface area (Å²) in [7, 11) is 0.0738. The molecule has 1 atom stereocenters. The van der Waals surface area contributed by atoms with E-state index in [2.05, 4.69) is 5.10 Å². The predicted molar refractivity (Wildman–Crippen MR) is 77.6 cm³/mol. The number of nitrogens with zero attached hydrogens (tertiary/aromatic N) is 2. The third-order valence-electron chi connectivity index (χ3n) is 2.47. The van der Waals surface area contributed by atoms with Crippen LogP contribution in [0, 0.1) is 0 Å². The van der Waals surface area contributed by atoms with E-state index in [-0.39, 0.29) is 0 Å². The Morgan fingerprint density at radius 3 is 2.22 bits per heavy atom. The third-order valence-corrected chi connectivity index (χ3v) is 4.99. The Kier molecular flexibility index (Phi) is 3.17. The molecule has 0 N–H and O–H groups in total. The smallest absolute Gasteiger partial charge is 0.209 e. The molecule has 2 aromatic carbocycles. The van der Waals surface area contributed by atoms with Crippen molar-refractivity contribution < 1.29 is 4.21 Å². The quantitative estimate of drug-likeness (QED) is 0.788. The van der Waals surface area contributed by atoms with Crippen LogP contribution in [0.3, 0.4) is 0 Å². The monoisotopic (exact) mass is 274 g/mol. The van der Waals surface area contributed by atoms with Gasteiger partial charge in [0, 0.05) is 16.4 Å². The molecular formula is C13H10N2OS2. The minimum Gasteiger partial charge on any atom is -0.222 e. The van der Waals surface area contributed by atoms with Crippen LogP contribution in [0.15, 0.2) is 65.8 Å². The van der Waals surface area contributed by atoms with Gasteiger partial charge in [0.1, 0.15) is 5.04 Å². The molecule has 0 saturated heterocycles. The van der Waals surface area contributed by atoms with Crippen molar-refractivity contribution in [2.24, 2.45) is 5.10 Å². The maximum absolute atomic E-state index is 12.0. The van der Waals surface area contributed by atoms with Crippen molar-refractivity contribution in [2.75, 3.05) is 4.41 Å². The molecule has 0 spiro atoms. The van der Waals surface area contributed by atoms with E-state index in [1.807, 2.05) is 60.7 Å². The number of hydrogen-bond acceptors (Lipinski definition) is 3. The van der Waals surface area contributed by atoms with E-state index in [0.29, 0.717) is 0 Å². The van der Waals surface area contributed by atoms with Gasteiger partial charge in [-0.15, -0.1) is 0 Å². The minimum absolute atomic E-state index is 0.790. The summed E-state index contributed by atoms with van der Waals surface area (Å²) in [5.74, 6) is 0. The molecule has 1 unspecified atom stereocenters. The van der Waals surface area contributed by atoms with Gasteiger partial charge in [0.15, 0.2) is 0 Å². The molecule has 0 fully saturated rings. The second-order valence-electron chi connectivity index (χ2n) is 3.68. The van der Waals surface area contributed by atoms with Crippen LogP contribution in [0.25, 0.3) is 0 Å². The van der Waals surface area contributed by atoms with Gasteiger partial charge < -0.3 is 0 Å². The lowest BCUT2D eigenvalue weighted by Gasteiger charge is -2.09. The molecule has 0 amide bonds. The highest BCUT2D eigenvalue weighted by atomic mass is 33.1. The fourth-order valence-electron chi connectivity index (χ4n) is 1.62. The predicted octanol–water partition coefficient (Wildman–Crippen LogP) is 3.18. The molecule has 3 rings (SSSR count). The number of para-hydroxylation sites is 1. The lowest BCUT2D eigenvalue weighted by molar-refractivity contribution is 0.690. The zero-order valence-electron chi connectivity index (χ0n) is 9.39. The molecular weight excluding hydrogens is 264 g/mol. The first-order valence-corrected chi connectivity index (χ1v) is 7.88. The summed E-state index contributed by atoms with van der Waals surface area (Å²) >= 11 is 0. The molecule has 0 aliphatic carbocycles. The van der Waals surface area contributed by atoms with Gasteiger partial charge in [-0.05, 0) is 12.1 Å². The van der Waals surface area contributed by atoms with E-state index in [0.717, 1.165) is 16.3 Å². The van der Waals surface area contributed by atoms with Crippen LogP contribution in [-0.4, -0.2) is 9.25 Å². The van der Waals surface area contributed by atoms with Gasteiger partial charge in [0.05, 0.1) is 5.69 Å². The number of benzene rings is 2. The van der Waals surface area contributed by atoms with Gasteiger partial charge in [0.2, 0.25) is 10.0 Å². The molecule has 18 heavy (non-hydrogen) atoms. The van der Waals surface area contributed by atoms with Crippen LogP contribution in [0.5, 0.6) is 0 Å². The number of anilines is 1. The highest BCUT2D eigenvalue weighted by Crippen LogP contribution is 2.31. The maximum atomic E-state index is 12.0. The fraction of sp³-hybridized carbons (Fsp3) is 0. The fourth-order valence-corrected chi connectivity index (χ4v) is 4.03. The highest BCUT2D eigenvalue weighted by Gasteiger charge is 2.25. The molecule has 0 saturated carbocycles. The SMILES string of the molecule is O=S1SC(c2ccccc2)=NN1c1ccccc1. The Hall–Kier alpha value is -1.59. The number of hydrazone groups is 1. The Bertz CT molecular complexity index is 599. The van der Waals surface area contributed by atoms with E-state index in [9.17, 15) is 4.21 Å². The van der Waals surface area contributed by atoms with Gasteiger partial charge in [-0.25, -0.2) is 4.21 Å². The molecule has 0 aromatic heterocycles. The lowest BCUT2D eigenvalue weighted by atomic mass is 10.2. The lowest BCUT2D eigenvalue weighted by Crippen LogP contribution is -2.11. The van der Waals surface area contributed by atoms with Crippen LogP contribution < -0.4 is 4.41 Å². The van der Waals surface area contributed by atoms with Gasteiger partial charge >= 0.3 is 0 Å². The summed E-state index contributed by atoms with van der Waals surface area (Å²) in [4.78, 5) is 0. The first kappa shape index (κ1) is 11.5. The molecule has 1 heterocycles. The summed E-state index contributed by atoms with van der Waals surface area (Å²) in [6, 6.07) is 19.3. The summed E-state index contributed by atoms with van der Waals surface area (Å²) in [5, 5.41) is 5.21. The average Bonchev–Trinajstić information content (AvgIpc) is 2.83. The molecule has 0 radical (unpaired) electrons. The van der Waals surface area contributed by atoms with E-state index in [1.54, 1.807) is 4.41 Å². The van der Waals surface area contributed by atoms with E-state index in [1.165, 1.54) is 10.8 Å². The van der Waals surface area contributed by atoms with E-state index in [4.69, 9.17) is 0 Å². The Morgan fingerprint density at radius 2 is 1.56 bits per heavy atom. The van der Waals surface area contributed by atoms with Crippen molar-refractivity contribution in [2.45, 2.75) is 0 Å². The molecule has 1 aliphatic rings. The van der Waals surface area contributed by atoms with Crippen LogP contribution in [0.2, 0.25) is 0 Å². The van der Waals surface area contributed by atoms with Crippen LogP contribution in [-0.2, 0) is 10.0 Å². The van der Waals surface area contributed by atoms with Gasteiger partial charge in [0.25, 0.3) is 0 Å². The molecule has 5 heteroatoms. The second kappa shape index (κ2) is 4.96. The number of hydrogen-bond donors (Lipinski definition) is 0. The van der Waals surface area contributed by atoms with Crippen molar-refractivity contribution in [1.82, 2.24) is 0 Å². The van der Waals surface area contributed by atoms with Crippen molar-refractivity contribution in [3.05, 3.63) is 66.2 Å². The first-order chi connectivity index (χ1) is 8.84. The van der Waals surface area contributed by atoms with Crippen LogP contribution >= 0.6 is 10.8 Å². The zero-order valence-corrected chi connectivity index (χ0v) is 11.0. The third kappa shape index (κ3) is 2.19. The van der Waals surface area contributed by atoms with E-state index >= 15 is 0 Å². The highest BCUT2D eigenvalue weighted by molar-refractivity contribution is 8.76. The summed E-state index contributed by atoms with van der Waals surface area (Å²) in [6.45, 7) is 0. The van der Waals surface area contributed by atoms with Gasteiger partial charge in [-0.2, -0.15) is 9.52 Å². The topological polar surface area (TPSA) is 32.7 Å². The number of rotatable bonds is 2. The molecule has 90 valence electrons. The zero-order chi connectivity index (χ0) is 12.4. The molecule has 3 nitrogen and oxygen atoms in total. The first-order valence-electron chi connectivity index (χ1n) is 5.44. The Labute approximate surface area is 112 Å². The van der Waals surface area contributed by atoms with Crippen molar-refractivity contribution >= 4 is 31.5 Å². The standard InChI is InChI=1S/C13H10N2OS2/c16-18-15(12-9-5-2-6-10-12)14-13(17-18)11-7-3-1-4-8-11/h1-10H. The molecule has 2 aromatic rings.